The molecule has 0 heterocycles. The molecule has 0 saturated heterocycles. The molecule has 162 valence electrons. The molecule has 7 nitrogen and oxygen atoms in total. The number of hydrogen-bond donors (Lipinski definition) is 2. The van der Waals surface area contributed by atoms with Crippen molar-refractivity contribution in [3.63, 3.8) is 0 Å². The lowest BCUT2D eigenvalue weighted by atomic mass is 9.85. The van der Waals surface area contributed by atoms with Crippen molar-refractivity contribution in [3.05, 3.63) is 46.6 Å². The van der Waals surface area contributed by atoms with Gasteiger partial charge >= 0.3 is 5.97 Å². The third-order valence-electron chi connectivity index (χ3n) is 4.39. The molecule has 1 aromatic carbocycles. The van der Waals surface area contributed by atoms with E-state index in [2.05, 4.69) is 0 Å². The van der Waals surface area contributed by atoms with Crippen LogP contribution in [0.1, 0.15) is 47.4 Å². The Morgan fingerprint density at radius 2 is 1.70 bits per heavy atom. The molecular formula is C22H28O7Si. The van der Waals surface area contributed by atoms with Crippen LogP contribution < -0.4 is 0 Å². The highest BCUT2D eigenvalue weighted by Crippen LogP contribution is 2.36. The molecule has 30 heavy (non-hydrogen) atoms. The zero-order valence-corrected chi connectivity index (χ0v) is 18.9. The van der Waals surface area contributed by atoms with Crippen LogP contribution in [0.2, 0.25) is 19.6 Å². The van der Waals surface area contributed by atoms with Crippen LogP contribution in [0.4, 0.5) is 0 Å². The number of Topliss-reactive ketones (excluding diaryl/α,β-unsaturated/α-hetero) is 1. The van der Waals surface area contributed by atoms with Crippen LogP contribution in [0, 0.1) is 0 Å². The number of phenolic OH excluding ortho intramolecular Hbond substituents is 2. The Hall–Kier alpha value is -2.71. The first-order valence-electron chi connectivity index (χ1n) is 9.73. The zero-order chi connectivity index (χ0) is 22.6. The van der Waals surface area contributed by atoms with Gasteiger partial charge in [-0.25, -0.2) is 0 Å². The van der Waals surface area contributed by atoms with Gasteiger partial charge in [0, 0.05) is 18.6 Å². The summed E-state index contributed by atoms with van der Waals surface area (Å²) in [7, 11) is -1.78. The molecule has 2 rings (SSSR count). The fourth-order valence-corrected chi connectivity index (χ4v) is 3.68. The van der Waals surface area contributed by atoms with Crippen LogP contribution in [0.25, 0.3) is 0 Å². The third kappa shape index (κ3) is 5.90. The van der Waals surface area contributed by atoms with Crippen LogP contribution in [-0.2, 0) is 14.0 Å². The van der Waals surface area contributed by atoms with Crippen molar-refractivity contribution < 1.29 is 33.8 Å². The molecule has 0 aliphatic heterocycles. The Bertz CT molecular complexity index is 918. The van der Waals surface area contributed by atoms with E-state index in [-0.39, 0.29) is 36.1 Å². The number of rotatable bonds is 8. The quantitative estimate of drug-likeness (QED) is 0.277. The number of carbonyl (C=O) groups excluding carboxylic acids is 3. The van der Waals surface area contributed by atoms with Crippen molar-refractivity contribution in [1.82, 2.24) is 0 Å². The predicted octanol–water partition coefficient (Wildman–Crippen LogP) is 3.91. The molecule has 1 aliphatic rings. The molecule has 1 atom stereocenters. The second kappa shape index (κ2) is 9.40. The van der Waals surface area contributed by atoms with Gasteiger partial charge in [-0.2, -0.15) is 0 Å². The van der Waals surface area contributed by atoms with Gasteiger partial charge in [-0.3, -0.25) is 14.4 Å². The van der Waals surface area contributed by atoms with Gasteiger partial charge in [0.2, 0.25) is 0 Å². The lowest BCUT2D eigenvalue weighted by molar-refractivity contribution is -0.147. The molecule has 0 spiro atoms. The summed E-state index contributed by atoms with van der Waals surface area (Å²) in [6.45, 7) is 9.96. The Morgan fingerprint density at radius 3 is 2.27 bits per heavy atom. The molecule has 0 unspecified atom stereocenters. The van der Waals surface area contributed by atoms with Gasteiger partial charge < -0.3 is 19.4 Å². The van der Waals surface area contributed by atoms with E-state index in [0.717, 1.165) is 23.8 Å². The molecular weight excluding hydrogens is 404 g/mol. The van der Waals surface area contributed by atoms with Crippen LogP contribution in [-0.4, -0.2) is 48.8 Å². The molecule has 1 aromatic rings. The number of esters is 1. The van der Waals surface area contributed by atoms with E-state index in [9.17, 15) is 24.6 Å². The molecule has 0 amide bonds. The average Bonchev–Trinajstić information content (AvgIpc) is 2.62. The smallest absolute Gasteiger partial charge is 0.308 e. The normalized spacial score (nSPS) is 14.6. The van der Waals surface area contributed by atoms with Crippen molar-refractivity contribution in [1.29, 1.82) is 0 Å². The Kier molecular flexibility index (Phi) is 7.38. The highest BCUT2D eigenvalue weighted by Gasteiger charge is 2.35. The predicted molar refractivity (Wildman–Crippen MR) is 114 cm³/mol. The molecule has 2 N–H and O–H groups in total. The summed E-state index contributed by atoms with van der Waals surface area (Å²) in [5, 5.41) is 20.1. The van der Waals surface area contributed by atoms with Gasteiger partial charge in [0.15, 0.2) is 19.9 Å². The minimum Gasteiger partial charge on any atom is -0.507 e. The van der Waals surface area contributed by atoms with Crippen molar-refractivity contribution in [3.8, 4) is 11.5 Å². The number of carbonyl (C=O) groups is 3. The summed E-state index contributed by atoms with van der Waals surface area (Å²) >= 11 is 0. The van der Waals surface area contributed by atoms with E-state index >= 15 is 0 Å². The van der Waals surface area contributed by atoms with Crippen LogP contribution >= 0.6 is 0 Å². The van der Waals surface area contributed by atoms with Crippen LogP contribution in [0.5, 0.6) is 11.5 Å². The van der Waals surface area contributed by atoms with Crippen molar-refractivity contribution >= 4 is 25.9 Å². The first-order chi connectivity index (χ1) is 13.9. The lowest BCUT2D eigenvalue weighted by Gasteiger charge is -2.24. The highest BCUT2D eigenvalue weighted by molar-refractivity contribution is 6.69. The molecule has 0 saturated carbocycles. The number of allylic oxidation sites excluding steroid dienone is 2. The number of aromatic hydroxyl groups is 2. The Morgan fingerprint density at radius 1 is 1.10 bits per heavy atom. The second-order valence-corrected chi connectivity index (χ2v) is 12.9. The van der Waals surface area contributed by atoms with Crippen molar-refractivity contribution in [2.75, 3.05) is 6.61 Å². The monoisotopic (exact) mass is 432 g/mol. The number of phenols is 2. The standard InChI is InChI=1S/C22H28O7Si/c1-13(2)6-9-18(29-19(26)10-11-28-30(3,4)5)14-12-17(25)20-15(23)7-8-16(24)21(20)22(14)27/h6-8,12,18,23-24H,9-11H2,1-5H3/t18-/m1/s1. The minimum atomic E-state index is -1.78. The van der Waals surface area contributed by atoms with Crippen molar-refractivity contribution in [2.24, 2.45) is 0 Å². The molecule has 0 radical (unpaired) electrons. The summed E-state index contributed by atoms with van der Waals surface area (Å²) in [4.78, 5) is 37.9. The Labute approximate surface area is 177 Å². The van der Waals surface area contributed by atoms with E-state index < -0.39 is 43.5 Å². The van der Waals surface area contributed by atoms with E-state index in [1.165, 1.54) is 0 Å². The van der Waals surface area contributed by atoms with Crippen LogP contribution in [0.15, 0.2) is 35.4 Å². The van der Waals surface area contributed by atoms with E-state index in [4.69, 9.17) is 9.16 Å². The zero-order valence-electron chi connectivity index (χ0n) is 17.9. The highest BCUT2D eigenvalue weighted by atomic mass is 28.4. The first-order valence-corrected chi connectivity index (χ1v) is 13.1. The van der Waals surface area contributed by atoms with E-state index in [1.807, 2.05) is 33.5 Å². The molecule has 0 bridgehead atoms. The average molecular weight is 433 g/mol. The minimum absolute atomic E-state index is 0.0215. The second-order valence-electron chi connectivity index (χ2n) is 8.35. The van der Waals surface area contributed by atoms with Crippen molar-refractivity contribution in [2.45, 2.75) is 52.4 Å². The fraction of sp³-hybridized carbons (Fsp3) is 0.409. The SMILES string of the molecule is CC(C)=CC[C@@H](OC(=O)CCO[Si](C)(C)C)C1=CC(=O)c2c(O)ccc(O)c2C1=O. The summed E-state index contributed by atoms with van der Waals surface area (Å²) in [6.07, 6.45) is 2.09. The lowest BCUT2D eigenvalue weighted by Crippen LogP contribution is -2.30. The topological polar surface area (TPSA) is 110 Å². The summed E-state index contributed by atoms with van der Waals surface area (Å²) in [6, 6.07) is 2.30. The summed E-state index contributed by atoms with van der Waals surface area (Å²) < 4.78 is 11.2. The first kappa shape index (κ1) is 23.6. The summed E-state index contributed by atoms with van der Waals surface area (Å²) in [5.74, 6) is -2.64. The van der Waals surface area contributed by atoms with E-state index in [1.54, 1.807) is 6.08 Å². The maximum Gasteiger partial charge on any atom is 0.308 e. The number of benzene rings is 1. The maximum absolute atomic E-state index is 13.0. The number of hydrogen-bond acceptors (Lipinski definition) is 7. The van der Waals surface area contributed by atoms with Gasteiger partial charge in [-0.15, -0.1) is 0 Å². The van der Waals surface area contributed by atoms with Gasteiger partial charge in [-0.1, -0.05) is 11.6 Å². The van der Waals surface area contributed by atoms with Crippen LogP contribution in [0.3, 0.4) is 0 Å². The largest absolute Gasteiger partial charge is 0.507 e. The fourth-order valence-electron chi connectivity index (χ4n) is 2.96. The van der Waals surface area contributed by atoms with Gasteiger partial charge in [0.25, 0.3) is 0 Å². The number of ketones is 2. The van der Waals surface area contributed by atoms with Gasteiger partial charge in [0.1, 0.15) is 17.6 Å². The molecule has 0 aromatic heterocycles. The molecule has 1 aliphatic carbocycles. The number of ether oxygens (including phenoxy) is 1. The molecule has 0 fully saturated rings. The summed E-state index contributed by atoms with van der Waals surface area (Å²) in [5.41, 5.74) is 0.386. The van der Waals surface area contributed by atoms with Gasteiger partial charge in [0.05, 0.1) is 17.5 Å². The number of fused-ring (bicyclic) bond motifs is 1. The van der Waals surface area contributed by atoms with Gasteiger partial charge in [-0.05, 0) is 51.7 Å². The maximum atomic E-state index is 13.0. The van der Waals surface area contributed by atoms with E-state index in [0.29, 0.717) is 0 Å². The third-order valence-corrected chi connectivity index (χ3v) is 5.46. The molecule has 8 heteroatoms. The Balaban J connectivity index is 2.30.